The summed E-state index contributed by atoms with van der Waals surface area (Å²) in [4.78, 5) is 0. The first-order chi connectivity index (χ1) is 13.8. The Morgan fingerprint density at radius 3 is 2.10 bits per heavy atom. The third kappa shape index (κ3) is 19.5. The first-order valence-electron chi connectivity index (χ1n) is 11.1. The normalized spacial score (nSPS) is 15.3. The van der Waals surface area contributed by atoms with E-state index in [0.29, 0.717) is 44.9 Å². The third-order valence-electron chi connectivity index (χ3n) is 4.87. The number of unbranched alkanes of at least 4 members (excludes halogenated alkanes) is 1. The summed E-state index contributed by atoms with van der Waals surface area (Å²) in [5.41, 5.74) is 0. The maximum absolute atomic E-state index is 10.5. The summed E-state index contributed by atoms with van der Waals surface area (Å²) in [6.07, 6.45) is 5.85. The molecule has 0 rings (SSSR count). The van der Waals surface area contributed by atoms with E-state index < -0.39 is 15.9 Å². The molecule has 29 heavy (non-hydrogen) atoms. The average molecular weight is 440 g/mol. The minimum Gasteiger partial charge on any atom is -0.748 e. The standard InChI is InChI=1S/C21H44O7S/c1-5-8-10-20(7-3)16-27-18-21(17-26-15-19(4)6-2)28-13-12-25-11-9-14-29(22,23)24/h19-21H,5-18H2,1-4H3,(H,22,23,24)/p-1. The second kappa shape index (κ2) is 18.5. The molecule has 0 amide bonds. The topological polar surface area (TPSA) is 94.1 Å². The summed E-state index contributed by atoms with van der Waals surface area (Å²) in [5.74, 6) is 0.692. The summed E-state index contributed by atoms with van der Waals surface area (Å²) in [6, 6.07) is 0. The molecule has 0 aliphatic heterocycles. The Bertz CT molecular complexity index is 456. The van der Waals surface area contributed by atoms with E-state index in [1.165, 1.54) is 19.3 Å². The van der Waals surface area contributed by atoms with Crippen LogP contribution < -0.4 is 0 Å². The predicted octanol–water partition coefficient (Wildman–Crippen LogP) is 3.62. The lowest BCUT2D eigenvalue weighted by Gasteiger charge is -2.21. The van der Waals surface area contributed by atoms with Gasteiger partial charge in [0.1, 0.15) is 6.10 Å². The molecule has 0 aromatic carbocycles. The van der Waals surface area contributed by atoms with Crippen LogP contribution in [0.25, 0.3) is 0 Å². The Kier molecular flexibility index (Phi) is 18.4. The van der Waals surface area contributed by atoms with E-state index in [0.717, 1.165) is 19.4 Å². The molecule has 0 aliphatic carbocycles. The quantitative estimate of drug-likeness (QED) is 0.199. The van der Waals surface area contributed by atoms with Crippen LogP contribution >= 0.6 is 0 Å². The van der Waals surface area contributed by atoms with Crippen LogP contribution in [-0.2, 0) is 29.1 Å². The number of hydrogen-bond acceptors (Lipinski definition) is 7. The third-order valence-corrected chi connectivity index (χ3v) is 5.66. The molecule has 0 fully saturated rings. The molecule has 0 aliphatic rings. The van der Waals surface area contributed by atoms with Crippen LogP contribution in [-0.4, -0.2) is 71.1 Å². The van der Waals surface area contributed by atoms with Gasteiger partial charge in [-0.1, -0.05) is 53.4 Å². The molecule has 8 heteroatoms. The van der Waals surface area contributed by atoms with Crippen molar-refractivity contribution in [1.82, 2.24) is 0 Å². The van der Waals surface area contributed by atoms with E-state index in [-0.39, 0.29) is 19.1 Å². The highest BCUT2D eigenvalue weighted by Crippen LogP contribution is 2.13. The second-order valence-electron chi connectivity index (χ2n) is 7.73. The molecule has 3 unspecified atom stereocenters. The van der Waals surface area contributed by atoms with Crippen molar-refractivity contribution in [2.75, 3.05) is 52.0 Å². The van der Waals surface area contributed by atoms with Gasteiger partial charge >= 0.3 is 0 Å². The van der Waals surface area contributed by atoms with Crippen LogP contribution in [0.4, 0.5) is 0 Å². The van der Waals surface area contributed by atoms with E-state index in [1.54, 1.807) is 0 Å². The highest BCUT2D eigenvalue weighted by molar-refractivity contribution is 7.85. The SMILES string of the molecule is CCCCC(CC)COCC(COCC(C)CC)OCCOCCCS(=O)(=O)[O-]. The zero-order chi connectivity index (χ0) is 22.0. The van der Waals surface area contributed by atoms with Crippen molar-refractivity contribution < 1.29 is 31.9 Å². The van der Waals surface area contributed by atoms with Crippen molar-refractivity contribution >= 4 is 10.1 Å². The zero-order valence-electron chi connectivity index (χ0n) is 18.9. The van der Waals surface area contributed by atoms with Gasteiger partial charge in [-0.2, -0.15) is 0 Å². The first-order valence-corrected chi connectivity index (χ1v) is 12.7. The average Bonchev–Trinajstić information content (AvgIpc) is 2.68. The van der Waals surface area contributed by atoms with Crippen LogP contribution in [0.3, 0.4) is 0 Å². The molecular formula is C21H43O7S-. The Hall–Kier alpha value is -0.250. The Morgan fingerprint density at radius 2 is 1.52 bits per heavy atom. The maximum atomic E-state index is 10.5. The molecule has 7 nitrogen and oxygen atoms in total. The predicted molar refractivity (Wildman–Crippen MR) is 114 cm³/mol. The number of ether oxygens (including phenoxy) is 4. The van der Waals surface area contributed by atoms with Crippen LogP contribution in [0.2, 0.25) is 0 Å². The van der Waals surface area contributed by atoms with Crippen LogP contribution in [0.1, 0.15) is 66.2 Å². The first kappa shape index (κ1) is 28.8. The zero-order valence-corrected chi connectivity index (χ0v) is 19.7. The van der Waals surface area contributed by atoms with Crippen molar-refractivity contribution in [3.8, 4) is 0 Å². The van der Waals surface area contributed by atoms with Crippen LogP contribution in [0.5, 0.6) is 0 Å². The molecule has 3 atom stereocenters. The molecule has 0 N–H and O–H groups in total. The van der Waals surface area contributed by atoms with E-state index in [9.17, 15) is 13.0 Å². The molecule has 0 heterocycles. The van der Waals surface area contributed by atoms with Crippen LogP contribution in [0, 0.1) is 11.8 Å². The molecule has 0 saturated heterocycles. The highest BCUT2D eigenvalue weighted by Gasteiger charge is 2.13. The van der Waals surface area contributed by atoms with Crippen molar-refractivity contribution in [2.24, 2.45) is 11.8 Å². The van der Waals surface area contributed by atoms with Gasteiger partial charge < -0.3 is 23.5 Å². The summed E-state index contributed by atoms with van der Waals surface area (Å²) >= 11 is 0. The molecule has 0 bridgehead atoms. The van der Waals surface area contributed by atoms with Gasteiger partial charge in [0.25, 0.3) is 0 Å². The lowest BCUT2D eigenvalue weighted by molar-refractivity contribution is -0.0803. The molecular weight excluding hydrogens is 396 g/mol. The molecule has 0 spiro atoms. The smallest absolute Gasteiger partial charge is 0.104 e. The van der Waals surface area contributed by atoms with Gasteiger partial charge in [-0.3, -0.25) is 0 Å². The molecule has 176 valence electrons. The van der Waals surface area contributed by atoms with Gasteiger partial charge in [-0.15, -0.1) is 0 Å². The Morgan fingerprint density at radius 1 is 0.828 bits per heavy atom. The second-order valence-corrected chi connectivity index (χ2v) is 9.25. The maximum Gasteiger partial charge on any atom is 0.104 e. The molecule has 0 aromatic rings. The summed E-state index contributed by atoms with van der Waals surface area (Å²) in [6.45, 7) is 12.0. The van der Waals surface area contributed by atoms with Gasteiger partial charge in [-0.05, 0) is 24.7 Å². The van der Waals surface area contributed by atoms with E-state index in [4.69, 9.17) is 18.9 Å². The molecule has 0 saturated carbocycles. The minimum atomic E-state index is -4.17. The fourth-order valence-electron chi connectivity index (χ4n) is 2.64. The monoisotopic (exact) mass is 439 g/mol. The highest BCUT2D eigenvalue weighted by atomic mass is 32.2. The van der Waals surface area contributed by atoms with Gasteiger partial charge in [-0.25, -0.2) is 8.42 Å². The van der Waals surface area contributed by atoms with Crippen molar-refractivity contribution in [2.45, 2.75) is 72.3 Å². The minimum absolute atomic E-state index is 0.159. The lowest BCUT2D eigenvalue weighted by atomic mass is 10.0. The fraction of sp³-hybridized carbons (Fsp3) is 1.00. The summed E-state index contributed by atoms with van der Waals surface area (Å²) < 4.78 is 54.5. The van der Waals surface area contributed by atoms with Crippen molar-refractivity contribution in [1.29, 1.82) is 0 Å². The summed E-state index contributed by atoms with van der Waals surface area (Å²) in [5, 5.41) is 0. The van der Waals surface area contributed by atoms with Gasteiger partial charge in [0, 0.05) is 25.6 Å². The van der Waals surface area contributed by atoms with Gasteiger partial charge in [0.2, 0.25) is 0 Å². The van der Waals surface area contributed by atoms with Crippen molar-refractivity contribution in [3.05, 3.63) is 0 Å². The van der Waals surface area contributed by atoms with E-state index in [2.05, 4.69) is 27.7 Å². The van der Waals surface area contributed by atoms with Gasteiger partial charge in [0.15, 0.2) is 0 Å². The van der Waals surface area contributed by atoms with Crippen LogP contribution in [0.15, 0.2) is 0 Å². The fourth-order valence-corrected chi connectivity index (χ4v) is 3.11. The van der Waals surface area contributed by atoms with E-state index >= 15 is 0 Å². The van der Waals surface area contributed by atoms with Gasteiger partial charge in [0.05, 0.1) is 36.5 Å². The largest absolute Gasteiger partial charge is 0.748 e. The van der Waals surface area contributed by atoms with E-state index in [1.807, 2.05) is 0 Å². The Balaban J connectivity index is 4.14. The number of rotatable bonds is 21. The Labute approximate surface area is 178 Å². The molecule has 0 radical (unpaired) electrons. The number of hydrogen-bond donors (Lipinski definition) is 0. The summed E-state index contributed by atoms with van der Waals surface area (Å²) in [7, 11) is -4.17. The van der Waals surface area contributed by atoms with Crippen molar-refractivity contribution in [3.63, 3.8) is 0 Å². The lowest BCUT2D eigenvalue weighted by Crippen LogP contribution is -2.29. The molecule has 0 aromatic heterocycles.